The van der Waals surface area contributed by atoms with Crippen molar-refractivity contribution >= 4 is 28.4 Å². The molecule has 1 fully saturated rings. The molecule has 1 spiro atoms. The highest BCUT2D eigenvalue weighted by Crippen LogP contribution is 2.43. The molecule has 0 saturated heterocycles. The summed E-state index contributed by atoms with van der Waals surface area (Å²) in [5, 5.41) is 6.54. The number of halogens is 2. The molecule has 0 atom stereocenters. The lowest BCUT2D eigenvalue weighted by Gasteiger charge is -2.38. The number of hydrogen-bond acceptors (Lipinski definition) is 5. The molecule has 1 saturated carbocycles. The number of nitrogens with zero attached hydrogens (tertiary/aromatic N) is 3. The number of carbonyl (C=O) groups excluding carboxylic acids is 1. The third kappa shape index (κ3) is 2.62. The summed E-state index contributed by atoms with van der Waals surface area (Å²) in [6, 6.07) is 3.37. The Balaban J connectivity index is 1.63. The largest absolute Gasteiger partial charge is 0.346 e. The van der Waals surface area contributed by atoms with Gasteiger partial charge in [0, 0.05) is 19.0 Å². The Morgan fingerprint density at radius 3 is 2.69 bits per heavy atom. The molecular weight excluding hydrogens is 382 g/mol. The van der Waals surface area contributed by atoms with E-state index in [2.05, 4.69) is 25.6 Å². The van der Waals surface area contributed by atoms with Crippen LogP contribution in [0.5, 0.6) is 0 Å². The van der Waals surface area contributed by atoms with Crippen molar-refractivity contribution in [3.8, 4) is 0 Å². The molecule has 2 aliphatic rings. The van der Waals surface area contributed by atoms with E-state index in [1.807, 2.05) is 0 Å². The highest BCUT2D eigenvalue weighted by atomic mass is 19.3. The maximum Gasteiger partial charge on any atom is 0.276 e. The van der Waals surface area contributed by atoms with Crippen molar-refractivity contribution in [2.24, 2.45) is 0 Å². The molecule has 0 radical (unpaired) electrons. The second kappa shape index (κ2) is 5.85. The molecule has 3 N–H and O–H groups in total. The van der Waals surface area contributed by atoms with Gasteiger partial charge in [-0.05, 0) is 37.5 Å². The topological polar surface area (TPSA) is 105 Å². The number of alkyl halides is 2. The van der Waals surface area contributed by atoms with Gasteiger partial charge in [-0.1, -0.05) is 0 Å². The molecule has 1 aliphatic carbocycles. The summed E-state index contributed by atoms with van der Waals surface area (Å²) >= 11 is 0. The van der Waals surface area contributed by atoms with Crippen LogP contribution in [0.1, 0.15) is 41.7 Å². The standard InChI is InChI=1S/C19H18F2N6O2/c1-10-8-12(25-15-11-2-7-22-14(11)23-9-24-15)17(29)27-13(10)16(28)26-19(27)5-3-18(20,21)4-6-19/h2,7-9H,3-6H2,1H3,(H,26,28)(H2,22,23,24,25). The van der Waals surface area contributed by atoms with Crippen LogP contribution in [0.2, 0.25) is 0 Å². The lowest BCUT2D eigenvalue weighted by Crippen LogP contribution is -2.51. The van der Waals surface area contributed by atoms with Crippen LogP contribution in [0.4, 0.5) is 20.3 Å². The van der Waals surface area contributed by atoms with Gasteiger partial charge in [-0.3, -0.25) is 14.2 Å². The van der Waals surface area contributed by atoms with Gasteiger partial charge in [0.25, 0.3) is 11.5 Å². The van der Waals surface area contributed by atoms with E-state index in [-0.39, 0.29) is 37.1 Å². The zero-order chi connectivity index (χ0) is 20.4. The van der Waals surface area contributed by atoms with Gasteiger partial charge in [0.15, 0.2) is 0 Å². The molecule has 1 aliphatic heterocycles. The molecule has 5 rings (SSSR count). The van der Waals surface area contributed by atoms with Crippen molar-refractivity contribution in [2.45, 2.75) is 44.2 Å². The highest BCUT2D eigenvalue weighted by molar-refractivity contribution is 5.97. The molecule has 0 bridgehead atoms. The van der Waals surface area contributed by atoms with Gasteiger partial charge in [-0.25, -0.2) is 18.7 Å². The molecule has 1 amide bonds. The molecule has 8 nitrogen and oxygen atoms in total. The Kier molecular flexibility index (Phi) is 3.59. The molecule has 4 heterocycles. The van der Waals surface area contributed by atoms with E-state index in [9.17, 15) is 18.4 Å². The molecule has 150 valence electrons. The van der Waals surface area contributed by atoms with Crippen molar-refractivity contribution in [3.05, 3.63) is 46.3 Å². The van der Waals surface area contributed by atoms with Crippen molar-refractivity contribution in [1.82, 2.24) is 24.8 Å². The number of aromatic nitrogens is 4. The summed E-state index contributed by atoms with van der Waals surface area (Å²) in [6.45, 7) is 1.72. The summed E-state index contributed by atoms with van der Waals surface area (Å²) in [5.41, 5.74) is 0.0711. The highest BCUT2D eigenvalue weighted by Gasteiger charge is 2.50. The normalized spacial score (nSPS) is 19.3. The van der Waals surface area contributed by atoms with Gasteiger partial charge in [-0.2, -0.15) is 0 Å². The second-order valence-electron chi connectivity index (χ2n) is 7.66. The SMILES string of the molecule is Cc1cc(Nc2ncnc3[nH]ccc23)c(=O)n2c1C(=O)NC21CCC(F)(F)CC1. The van der Waals surface area contributed by atoms with Gasteiger partial charge in [0.2, 0.25) is 5.92 Å². The maximum absolute atomic E-state index is 13.7. The van der Waals surface area contributed by atoms with E-state index in [1.54, 1.807) is 25.3 Å². The van der Waals surface area contributed by atoms with E-state index in [0.717, 1.165) is 0 Å². The molecule has 10 heteroatoms. The predicted molar refractivity (Wildman–Crippen MR) is 101 cm³/mol. The number of aromatic amines is 1. The van der Waals surface area contributed by atoms with Crippen LogP contribution in [0, 0.1) is 6.92 Å². The van der Waals surface area contributed by atoms with E-state index in [1.165, 1.54) is 10.9 Å². The van der Waals surface area contributed by atoms with Crippen LogP contribution in [0.15, 0.2) is 29.5 Å². The second-order valence-corrected chi connectivity index (χ2v) is 7.66. The lowest BCUT2D eigenvalue weighted by molar-refractivity contribution is -0.0667. The minimum atomic E-state index is -2.78. The van der Waals surface area contributed by atoms with Crippen molar-refractivity contribution in [2.75, 3.05) is 5.32 Å². The first-order valence-electron chi connectivity index (χ1n) is 9.32. The number of carbonyl (C=O) groups is 1. The van der Waals surface area contributed by atoms with Gasteiger partial charge in [-0.15, -0.1) is 0 Å². The van der Waals surface area contributed by atoms with E-state index in [4.69, 9.17) is 0 Å². The lowest BCUT2D eigenvalue weighted by atomic mass is 9.86. The zero-order valence-electron chi connectivity index (χ0n) is 15.6. The van der Waals surface area contributed by atoms with Gasteiger partial charge in [0.05, 0.1) is 5.39 Å². The number of hydrogen-bond donors (Lipinski definition) is 3. The number of fused-ring (bicyclic) bond motifs is 3. The number of amides is 1. The fourth-order valence-corrected chi connectivity index (χ4v) is 4.33. The minimum Gasteiger partial charge on any atom is -0.346 e. The van der Waals surface area contributed by atoms with Crippen LogP contribution in [0.25, 0.3) is 11.0 Å². The van der Waals surface area contributed by atoms with Crippen molar-refractivity contribution in [3.63, 3.8) is 0 Å². The quantitative estimate of drug-likeness (QED) is 0.614. The summed E-state index contributed by atoms with van der Waals surface area (Å²) in [7, 11) is 0. The summed E-state index contributed by atoms with van der Waals surface area (Å²) in [6.07, 6.45) is 2.31. The minimum absolute atomic E-state index is 0.00287. The van der Waals surface area contributed by atoms with Crippen LogP contribution in [-0.4, -0.2) is 31.3 Å². The number of nitrogens with one attached hydrogen (secondary N) is 3. The molecule has 29 heavy (non-hydrogen) atoms. The summed E-state index contributed by atoms with van der Waals surface area (Å²) < 4.78 is 28.9. The third-order valence-electron chi connectivity index (χ3n) is 5.80. The fraction of sp³-hybridized carbons (Fsp3) is 0.368. The Morgan fingerprint density at radius 1 is 1.17 bits per heavy atom. The molecule has 3 aromatic heterocycles. The summed E-state index contributed by atoms with van der Waals surface area (Å²) in [4.78, 5) is 37.2. The van der Waals surface area contributed by atoms with Crippen molar-refractivity contribution < 1.29 is 13.6 Å². The fourth-order valence-electron chi connectivity index (χ4n) is 4.33. The Labute approximate surface area is 163 Å². The van der Waals surface area contributed by atoms with E-state index >= 15 is 0 Å². The van der Waals surface area contributed by atoms with Crippen LogP contribution < -0.4 is 16.2 Å². The number of pyridine rings is 1. The first-order valence-corrected chi connectivity index (χ1v) is 9.32. The number of rotatable bonds is 2. The Bertz CT molecular complexity index is 1210. The van der Waals surface area contributed by atoms with E-state index in [0.29, 0.717) is 22.4 Å². The first kappa shape index (κ1) is 17.8. The van der Waals surface area contributed by atoms with Crippen LogP contribution in [0.3, 0.4) is 0 Å². The van der Waals surface area contributed by atoms with Gasteiger partial charge >= 0.3 is 0 Å². The molecule has 0 aromatic carbocycles. The smallest absolute Gasteiger partial charge is 0.276 e. The number of aryl methyl sites for hydroxylation is 1. The molecule has 3 aromatic rings. The zero-order valence-corrected chi connectivity index (χ0v) is 15.6. The van der Waals surface area contributed by atoms with E-state index < -0.39 is 23.1 Å². The average Bonchev–Trinajstić information content (AvgIpc) is 3.26. The third-order valence-corrected chi connectivity index (χ3v) is 5.80. The first-order chi connectivity index (χ1) is 13.8. The van der Waals surface area contributed by atoms with Gasteiger partial charge in [0.1, 0.15) is 34.8 Å². The van der Waals surface area contributed by atoms with Gasteiger partial charge < -0.3 is 15.6 Å². The Hall–Kier alpha value is -3.30. The van der Waals surface area contributed by atoms with Crippen LogP contribution >= 0.6 is 0 Å². The van der Waals surface area contributed by atoms with Crippen LogP contribution in [-0.2, 0) is 5.66 Å². The molecular formula is C19H18F2N6O2. The molecule has 0 unspecified atom stereocenters. The number of H-pyrrole nitrogens is 1. The average molecular weight is 400 g/mol. The summed E-state index contributed by atoms with van der Waals surface area (Å²) in [5.74, 6) is -2.75. The Morgan fingerprint density at radius 2 is 1.93 bits per heavy atom. The monoisotopic (exact) mass is 400 g/mol. The predicted octanol–water partition coefficient (Wildman–Crippen LogP) is 2.78. The number of anilines is 2. The maximum atomic E-state index is 13.7. The van der Waals surface area contributed by atoms with Crippen molar-refractivity contribution in [1.29, 1.82) is 0 Å².